The minimum atomic E-state index is -0.279. The van der Waals surface area contributed by atoms with Crippen LogP contribution in [0.4, 0.5) is 21.9 Å². The number of methoxy groups -OCH3 is 1. The first-order valence-electron chi connectivity index (χ1n) is 8.02. The first kappa shape index (κ1) is 18.4. The Morgan fingerprint density at radius 2 is 1.76 bits per heavy atom. The number of hydrogen-bond donors (Lipinski definition) is 4. The van der Waals surface area contributed by atoms with Gasteiger partial charge in [-0.05, 0) is 42.8 Å². The third kappa shape index (κ3) is 6.19. The van der Waals surface area contributed by atoms with Crippen LogP contribution in [-0.2, 0) is 4.74 Å². The molecule has 0 aliphatic rings. The lowest BCUT2D eigenvalue weighted by Gasteiger charge is -2.10. The van der Waals surface area contributed by atoms with Crippen LogP contribution in [0.2, 0.25) is 0 Å². The van der Waals surface area contributed by atoms with Crippen LogP contribution in [0.15, 0.2) is 60.4 Å². The molecule has 2 rings (SSSR count). The predicted octanol–water partition coefficient (Wildman–Crippen LogP) is 3.89. The number of para-hydroxylation sites is 1. The summed E-state index contributed by atoms with van der Waals surface area (Å²) in [6, 6.07) is 14.7. The van der Waals surface area contributed by atoms with Gasteiger partial charge in [-0.15, -0.1) is 0 Å². The maximum absolute atomic E-state index is 12.1. The molecule has 25 heavy (non-hydrogen) atoms. The number of nitrogens with two attached hydrogens (primary N) is 1. The average Bonchev–Trinajstić information content (AvgIpc) is 2.61. The Morgan fingerprint density at radius 3 is 2.44 bits per heavy atom. The number of amides is 2. The van der Waals surface area contributed by atoms with Gasteiger partial charge < -0.3 is 26.4 Å². The summed E-state index contributed by atoms with van der Waals surface area (Å²) >= 11 is 0. The number of anilines is 3. The third-order valence-corrected chi connectivity index (χ3v) is 3.56. The van der Waals surface area contributed by atoms with E-state index in [0.29, 0.717) is 24.4 Å². The monoisotopic (exact) mass is 340 g/mol. The topological polar surface area (TPSA) is 88.4 Å². The van der Waals surface area contributed by atoms with E-state index < -0.39 is 0 Å². The number of urea groups is 1. The molecule has 0 heterocycles. The van der Waals surface area contributed by atoms with Crippen molar-refractivity contribution in [2.45, 2.75) is 13.3 Å². The molecule has 0 saturated carbocycles. The molecule has 132 valence electrons. The van der Waals surface area contributed by atoms with Crippen LogP contribution in [0.25, 0.3) is 0 Å². The molecule has 0 atom stereocenters. The molecule has 5 N–H and O–H groups in total. The van der Waals surface area contributed by atoms with E-state index in [1.54, 1.807) is 13.3 Å². The summed E-state index contributed by atoms with van der Waals surface area (Å²) in [6.45, 7) is 2.53. The molecule has 0 aliphatic carbocycles. The average molecular weight is 340 g/mol. The Balaban J connectivity index is 1.87. The van der Waals surface area contributed by atoms with Crippen molar-refractivity contribution in [3.63, 3.8) is 0 Å². The van der Waals surface area contributed by atoms with E-state index >= 15 is 0 Å². The molecule has 0 aromatic heterocycles. The fourth-order valence-electron chi connectivity index (χ4n) is 2.12. The second-order valence-electron chi connectivity index (χ2n) is 5.58. The zero-order valence-electron chi connectivity index (χ0n) is 14.5. The molecule has 0 fully saturated rings. The number of carbonyl (C=O) groups excluding carboxylic acids is 1. The molecule has 0 unspecified atom stereocenters. The lowest BCUT2D eigenvalue weighted by atomic mass is 10.2. The van der Waals surface area contributed by atoms with Gasteiger partial charge in [0.15, 0.2) is 0 Å². The minimum Gasteiger partial charge on any atom is -0.401 e. The molecule has 2 aromatic carbocycles. The highest BCUT2D eigenvalue weighted by molar-refractivity contribution is 6.00. The second-order valence-corrected chi connectivity index (χ2v) is 5.58. The van der Waals surface area contributed by atoms with Crippen molar-refractivity contribution >= 4 is 23.1 Å². The summed E-state index contributed by atoms with van der Waals surface area (Å²) in [5.41, 5.74) is 9.93. The Hall–Kier alpha value is -2.99. The van der Waals surface area contributed by atoms with Gasteiger partial charge in [0.05, 0.1) is 6.61 Å². The predicted molar refractivity (Wildman–Crippen MR) is 103 cm³/mol. The molecule has 2 aromatic rings. The molecule has 6 heteroatoms. The number of benzene rings is 2. The van der Waals surface area contributed by atoms with E-state index in [9.17, 15) is 4.79 Å². The van der Waals surface area contributed by atoms with Crippen LogP contribution in [0.3, 0.4) is 0 Å². The molecule has 0 aliphatic heterocycles. The maximum Gasteiger partial charge on any atom is 0.323 e. The van der Waals surface area contributed by atoms with Crippen molar-refractivity contribution in [3.8, 4) is 0 Å². The standard InChI is InChI=1S/C19H24N4O2/c1-14-5-3-4-6-18(14)23-19(24)22-17-9-7-16(8-10-17)21-13-15(20)11-12-25-2/h3-10,13,21H,11-12,20H2,1-2H3,(H2,22,23,24)/b15-13-. The maximum atomic E-state index is 12.1. The van der Waals surface area contributed by atoms with Crippen LogP contribution in [0, 0.1) is 6.92 Å². The molecular weight excluding hydrogens is 316 g/mol. The summed E-state index contributed by atoms with van der Waals surface area (Å²) in [4.78, 5) is 12.1. The fraction of sp³-hybridized carbons (Fsp3) is 0.211. The Kier molecular flexibility index (Phi) is 6.86. The van der Waals surface area contributed by atoms with Gasteiger partial charge in [0.2, 0.25) is 0 Å². The van der Waals surface area contributed by atoms with Gasteiger partial charge >= 0.3 is 6.03 Å². The summed E-state index contributed by atoms with van der Waals surface area (Å²) in [5, 5.41) is 8.74. The zero-order chi connectivity index (χ0) is 18.1. The highest BCUT2D eigenvalue weighted by atomic mass is 16.5. The van der Waals surface area contributed by atoms with Crippen molar-refractivity contribution in [3.05, 3.63) is 66.0 Å². The molecule has 2 amide bonds. The first-order chi connectivity index (χ1) is 12.1. The Labute approximate surface area is 148 Å². The number of nitrogens with one attached hydrogen (secondary N) is 3. The number of aryl methyl sites for hydroxylation is 1. The number of ether oxygens (including phenoxy) is 1. The van der Waals surface area contributed by atoms with Crippen molar-refractivity contribution < 1.29 is 9.53 Å². The van der Waals surface area contributed by atoms with Crippen LogP contribution >= 0.6 is 0 Å². The van der Waals surface area contributed by atoms with Gasteiger partial charge in [-0.3, -0.25) is 0 Å². The van der Waals surface area contributed by atoms with Gasteiger partial charge in [0.1, 0.15) is 0 Å². The number of carbonyl (C=O) groups is 1. The molecular formula is C19H24N4O2. The van der Waals surface area contributed by atoms with E-state index in [2.05, 4.69) is 16.0 Å². The van der Waals surface area contributed by atoms with Crippen LogP contribution in [0.5, 0.6) is 0 Å². The normalized spacial score (nSPS) is 11.0. The number of hydrogen-bond acceptors (Lipinski definition) is 4. The molecule has 0 spiro atoms. The summed E-state index contributed by atoms with van der Waals surface area (Å²) < 4.78 is 4.97. The zero-order valence-corrected chi connectivity index (χ0v) is 14.5. The van der Waals surface area contributed by atoms with Crippen molar-refractivity contribution in [2.24, 2.45) is 5.73 Å². The number of rotatable bonds is 7. The fourth-order valence-corrected chi connectivity index (χ4v) is 2.12. The van der Waals surface area contributed by atoms with Crippen LogP contribution in [0.1, 0.15) is 12.0 Å². The van der Waals surface area contributed by atoms with Gasteiger partial charge in [-0.25, -0.2) is 4.79 Å². The van der Waals surface area contributed by atoms with Crippen molar-refractivity contribution in [1.82, 2.24) is 0 Å². The van der Waals surface area contributed by atoms with Crippen LogP contribution in [-0.4, -0.2) is 19.7 Å². The lowest BCUT2D eigenvalue weighted by Crippen LogP contribution is -2.19. The van der Waals surface area contributed by atoms with E-state index in [0.717, 1.165) is 16.9 Å². The van der Waals surface area contributed by atoms with E-state index in [-0.39, 0.29) is 6.03 Å². The summed E-state index contributed by atoms with van der Waals surface area (Å²) in [7, 11) is 1.64. The van der Waals surface area contributed by atoms with E-state index in [4.69, 9.17) is 10.5 Å². The van der Waals surface area contributed by atoms with Gasteiger partial charge in [-0.2, -0.15) is 0 Å². The van der Waals surface area contributed by atoms with Crippen LogP contribution < -0.4 is 21.7 Å². The molecule has 0 bridgehead atoms. The smallest absolute Gasteiger partial charge is 0.323 e. The molecule has 0 radical (unpaired) electrons. The second kappa shape index (κ2) is 9.34. The Morgan fingerprint density at radius 1 is 1.08 bits per heavy atom. The summed E-state index contributed by atoms with van der Waals surface area (Å²) in [5.74, 6) is 0. The largest absolute Gasteiger partial charge is 0.401 e. The minimum absolute atomic E-state index is 0.279. The first-order valence-corrected chi connectivity index (χ1v) is 8.02. The van der Waals surface area contributed by atoms with E-state index in [1.165, 1.54) is 0 Å². The lowest BCUT2D eigenvalue weighted by molar-refractivity contribution is 0.202. The quantitative estimate of drug-likeness (QED) is 0.616. The highest BCUT2D eigenvalue weighted by Gasteiger charge is 2.04. The molecule has 6 nitrogen and oxygen atoms in total. The van der Waals surface area contributed by atoms with Crippen molar-refractivity contribution in [2.75, 3.05) is 29.7 Å². The van der Waals surface area contributed by atoms with Gasteiger partial charge in [0, 0.05) is 42.5 Å². The SMILES string of the molecule is COCC/C(N)=C/Nc1ccc(NC(=O)Nc2ccccc2C)cc1. The van der Waals surface area contributed by atoms with Gasteiger partial charge in [-0.1, -0.05) is 18.2 Å². The van der Waals surface area contributed by atoms with E-state index in [1.807, 2.05) is 55.5 Å². The van der Waals surface area contributed by atoms with Crippen molar-refractivity contribution in [1.29, 1.82) is 0 Å². The Bertz CT molecular complexity index is 726. The summed E-state index contributed by atoms with van der Waals surface area (Å²) in [6.07, 6.45) is 2.41. The third-order valence-electron chi connectivity index (χ3n) is 3.56. The van der Waals surface area contributed by atoms with Gasteiger partial charge in [0.25, 0.3) is 0 Å². The molecule has 0 saturated heterocycles. The highest BCUT2D eigenvalue weighted by Crippen LogP contribution is 2.16.